The zero-order valence-electron chi connectivity index (χ0n) is 14.5. The van der Waals surface area contributed by atoms with Gasteiger partial charge < -0.3 is 9.30 Å². The van der Waals surface area contributed by atoms with Crippen molar-refractivity contribution in [2.75, 3.05) is 6.61 Å². The van der Waals surface area contributed by atoms with Crippen LogP contribution in [-0.4, -0.2) is 38.5 Å². The van der Waals surface area contributed by atoms with Crippen molar-refractivity contribution in [2.24, 2.45) is 0 Å². The maximum absolute atomic E-state index is 12.6. The highest BCUT2D eigenvalue weighted by molar-refractivity contribution is 7.15. The van der Waals surface area contributed by atoms with Crippen molar-refractivity contribution < 1.29 is 27.5 Å². The van der Waals surface area contributed by atoms with Crippen molar-refractivity contribution in [3.63, 3.8) is 0 Å². The van der Waals surface area contributed by atoms with E-state index in [1.807, 2.05) is 11.6 Å². The Hall–Kier alpha value is -2.62. The predicted molar refractivity (Wildman–Crippen MR) is 92.0 cm³/mol. The Kier molecular flexibility index (Phi) is 5.09. The molecule has 10 heteroatoms. The number of aryl methyl sites for hydroxylation is 1. The first-order valence-electron chi connectivity index (χ1n) is 7.97. The molecule has 27 heavy (non-hydrogen) atoms. The molecule has 144 valence electrons. The number of esters is 1. The van der Waals surface area contributed by atoms with Gasteiger partial charge in [-0.15, -0.1) is 11.3 Å². The second-order valence-corrected chi connectivity index (χ2v) is 6.94. The van der Waals surface area contributed by atoms with Gasteiger partial charge in [-0.3, -0.25) is 14.0 Å². The summed E-state index contributed by atoms with van der Waals surface area (Å²) in [6.45, 7) is 1.23. The smallest absolute Gasteiger partial charge is 0.406 e. The number of halogens is 3. The van der Waals surface area contributed by atoms with Crippen LogP contribution in [0.1, 0.15) is 27.4 Å². The molecular weight excluding hydrogens is 383 g/mol. The maximum Gasteiger partial charge on any atom is 0.406 e. The first-order chi connectivity index (χ1) is 12.6. The number of rotatable bonds is 6. The van der Waals surface area contributed by atoms with Crippen molar-refractivity contribution in [1.29, 1.82) is 0 Å². The van der Waals surface area contributed by atoms with Crippen LogP contribution in [0.3, 0.4) is 0 Å². The molecular formula is C17H16F3N3O3S. The number of nitrogens with zero attached hydrogens (tertiary/aromatic N) is 3. The number of imidazole rings is 1. The van der Waals surface area contributed by atoms with Crippen molar-refractivity contribution >= 4 is 28.1 Å². The second-order valence-electron chi connectivity index (χ2n) is 6.07. The van der Waals surface area contributed by atoms with Gasteiger partial charge in [-0.2, -0.15) is 13.2 Å². The monoisotopic (exact) mass is 399 g/mol. The van der Waals surface area contributed by atoms with E-state index in [4.69, 9.17) is 4.74 Å². The SMILES string of the molecule is Cc1cc(C(=O)COC(=O)Cc2cn3ccsc3n2)c(C)n1CC(F)(F)F. The first kappa shape index (κ1) is 19.2. The van der Waals surface area contributed by atoms with E-state index in [1.54, 1.807) is 10.6 Å². The van der Waals surface area contributed by atoms with Crippen LogP contribution in [0.5, 0.6) is 0 Å². The number of carbonyl (C=O) groups is 2. The number of carbonyl (C=O) groups excluding carboxylic acids is 2. The van der Waals surface area contributed by atoms with Crippen molar-refractivity contribution in [3.8, 4) is 0 Å². The summed E-state index contributed by atoms with van der Waals surface area (Å²) in [7, 11) is 0. The molecule has 6 nitrogen and oxygen atoms in total. The lowest BCUT2D eigenvalue weighted by molar-refractivity contribution is -0.142. The van der Waals surface area contributed by atoms with Crippen LogP contribution in [0.25, 0.3) is 4.96 Å². The maximum atomic E-state index is 12.6. The number of hydrogen-bond donors (Lipinski definition) is 0. The average molecular weight is 399 g/mol. The number of hydrogen-bond acceptors (Lipinski definition) is 5. The van der Waals surface area contributed by atoms with Gasteiger partial charge in [0.1, 0.15) is 6.54 Å². The molecule has 0 aromatic carbocycles. The fraction of sp³-hybridized carbons (Fsp3) is 0.353. The number of Topliss-reactive ketones (excluding diaryl/α,β-unsaturated/α-hetero) is 1. The standard InChI is InChI=1S/C17H16F3N3O3S/c1-10-5-13(11(2)23(10)9-17(18,19)20)14(24)8-26-15(25)6-12-7-22-3-4-27-16(22)21-12/h3-5,7H,6,8-9H2,1-2H3. The quantitative estimate of drug-likeness (QED) is 0.471. The number of fused-ring (bicyclic) bond motifs is 1. The molecule has 0 saturated carbocycles. The minimum Gasteiger partial charge on any atom is -0.457 e. The molecule has 0 spiro atoms. The van der Waals surface area contributed by atoms with Gasteiger partial charge in [-0.1, -0.05) is 0 Å². The third kappa shape index (κ3) is 4.38. The van der Waals surface area contributed by atoms with E-state index in [-0.39, 0.29) is 17.7 Å². The molecule has 3 heterocycles. The summed E-state index contributed by atoms with van der Waals surface area (Å²) in [4.78, 5) is 29.2. The summed E-state index contributed by atoms with van der Waals surface area (Å²) in [5.74, 6) is -1.17. The highest BCUT2D eigenvalue weighted by Crippen LogP contribution is 2.23. The Balaban J connectivity index is 1.61. The van der Waals surface area contributed by atoms with Crippen LogP contribution in [0.15, 0.2) is 23.8 Å². The number of aromatic nitrogens is 3. The third-order valence-electron chi connectivity index (χ3n) is 4.04. The molecule has 0 unspecified atom stereocenters. The molecule has 3 aromatic rings. The lowest BCUT2D eigenvalue weighted by atomic mass is 10.1. The van der Waals surface area contributed by atoms with Crippen LogP contribution in [0.4, 0.5) is 13.2 Å². The average Bonchev–Trinajstić information content (AvgIpc) is 3.21. The molecule has 0 N–H and O–H groups in total. The summed E-state index contributed by atoms with van der Waals surface area (Å²) in [5, 5.41) is 1.86. The van der Waals surface area contributed by atoms with Crippen molar-refractivity contribution in [1.82, 2.24) is 14.0 Å². The van der Waals surface area contributed by atoms with Gasteiger partial charge >= 0.3 is 12.1 Å². The molecule has 0 fully saturated rings. The molecule has 0 atom stereocenters. The topological polar surface area (TPSA) is 65.6 Å². The van der Waals surface area contributed by atoms with Gasteiger partial charge in [-0.25, -0.2) is 4.98 Å². The van der Waals surface area contributed by atoms with Gasteiger partial charge in [0.05, 0.1) is 12.1 Å². The van der Waals surface area contributed by atoms with Gasteiger partial charge in [0.2, 0.25) is 5.78 Å². The number of thiazole rings is 1. The zero-order valence-corrected chi connectivity index (χ0v) is 15.4. The fourth-order valence-corrected chi connectivity index (χ4v) is 3.51. The number of ketones is 1. The highest BCUT2D eigenvalue weighted by atomic mass is 32.1. The molecule has 0 aliphatic carbocycles. The van der Waals surface area contributed by atoms with Crippen LogP contribution < -0.4 is 0 Å². The highest BCUT2D eigenvalue weighted by Gasteiger charge is 2.30. The molecule has 0 radical (unpaired) electrons. The van der Waals surface area contributed by atoms with E-state index in [1.165, 1.54) is 31.3 Å². The van der Waals surface area contributed by atoms with Gasteiger partial charge in [0.15, 0.2) is 11.6 Å². The zero-order chi connectivity index (χ0) is 19.8. The minimum absolute atomic E-state index is 0.0885. The van der Waals surface area contributed by atoms with Crippen molar-refractivity contribution in [2.45, 2.75) is 33.0 Å². The summed E-state index contributed by atoms with van der Waals surface area (Å²) >= 11 is 1.42. The van der Waals surface area contributed by atoms with E-state index in [9.17, 15) is 22.8 Å². The molecule has 3 aromatic heterocycles. The van der Waals surface area contributed by atoms with Gasteiger partial charge in [0, 0.05) is 34.7 Å². The van der Waals surface area contributed by atoms with Gasteiger partial charge in [0.25, 0.3) is 0 Å². The Labute approximate surface area is 156 Å². The lowest BCUT2D eigenvalue weighted by Crippen LogP contribution is -2.20. The van der Waals surface area contributed by atoms with E-state index in [2.05, 4.69) is 4.98 Å². The Bertz CT molecular complexity index is 972. The first-order valence-corrected chi connectivity index (χ1v) is 8.85. The van der Waals surface area contributed by atoms with Crippen LogP contribution in [0.2, 0.25) is 0 Å². The Morgan fingerprint density at radius 2 is 2.04 bits per heavy atom. The number of alkyl halides is 3. The summed E-state index contributed by atoms with van der Waals surface area (Å²) in [6, 6.07) is 1.38. The minimum atomic E-state index is -4.39. The van der Waals surface area contributed by atoms with Gasteiger partial charge in [-0.05, 0) is 19.9 Å². The third-order valence-corrected chi connectivity index (χ3v) is 4.82. The predicted octanol–water partition coefficient (Wildman–Crippen LogP) is 3.35. The Morgan fingerprint density at radius 3 is 2.70 bits per heavy atom. The van der Waals surface area contributed by atoms with E-state index in [0.29, 0.717) is 11.4 Å². The summed E-state index contributed by atoms with van der Waals surface area (Å²) in [5.41, 5.74) is 1.15. The largest absolute Gasteiger partial charge is 0.457 e. The molecule has 0 bridgehead atoms. The fourth-order valence-electron chi connectivity index (χ4n) is 2.79. The molecule has 0 aliphatic rings. The van der Waals surface area contributed by atoms with E-state index >= 15 is 0 Å². The number of ether oxygens (including phenoxy) is 1. The van der Waals surface area contributed by atoms with Crippen molar-refractivity contribution in [3.05, 3.63) is 46.5 Å². The molecule has 0 saturated heterocycles. The molecule has 3 rings (SSSR count). The van der Waals surface area contributed by atoms with Crippen LogP contribution >= 0.6 is 11.3 Å². The summed E-state index contributed by atoms with van der Waals surface area (Å²) in [6.07, 6.45) is -0.976. The Morgan fingerprint density at radius 1 is 1.30 bits per heavy atom. The van der Waals surface area contributed by atoms with E-state index < -0.39 is 31.1 Å². The normalized spacial score (nSPS) is 11.9. The lowest BCUT2D eigenvalue weighted by Gasteiger charge is -2.12. The second kappa shape index (κ2) is 7.18. The van der Waals surface area contributed by atoms with Crippen LogP contribution in [-0.2, 0) is 22.5 Å². The van der Waals surface area contributed by atoms with Crippen LogP contribution in [0, 0.1) is 13.8 Å². The van der Waals surface area contributed by atoms with E-state index in [0.717, 1.165) is 9.53 Å². The summed E-state index contributed by atoms with van der Waals surface area (Å²) < 4.78 is 45.7. The molecule has 0 aliphatic heterocycles. The molecule has 0 amide bonds.